The third kappa shape index (κ3) is 3.95. The first kappa shape index (κ1) is 18.8. The second kappa shape index (κ2) is 6.78. The van der Waals surface area contributed by atoms with Crippen LogP contribution in [-0.4, -0.2) is 35.8 Å². The van der Waals surface area contributed by atoms with E-state index in [4.69, 9.17) is 8.83 Å². The highest BCUT2D eigenvalue weighted by Crippen LogP contribution is 2.21. The summed E-state index contributed by atoms with van der Waals surface area (Å²) in [6.45, 7) is 11.3. The summed E-state index contributed by atoms with van der Waals surface area (Å²) < 4.78 is 10.8. The first-order valence-corrected chi connectivity index (χ1v) is 8.23. The second-order valence-electron chi connectivity index (χ2n) is 7.01. The maximum Gasteiger partial charge on any atom is 0.257 e. The van der Waals surface area contributed by atoms with Crippen LogP contribution in [0.1, 0.15) is 57.6 Å². The van der Waals surface area contributed by atoms with E-state index in [9.17, 15) is 9.59 Å². The Morgan fingerprint density at radius 2 is 1.48 bits per heavy atom. The van der Waals surface area contributed by atoms with Gasteiger partial charge in [-0.1, -0.05) is 0 Å². The molecule has 0 saturated carbocycles. The highest BCUT2D eigenvalue weighted by Gasteiger charge is 2.31. The molecule has 0 aliphatic rings. The van der Waals surface area contributed by atoms with E-state index in [0.29, 0.717) is 40.7 Å². The van der Waals surface area contributed by atoms with E-state index >= 15 is 0 Å². The van der Waals surface area contributed by atoms with E-state index in [2.05, 4.69) is 5.32 Å². The Morgan fingerprint density at radius 3 is 1.92 bits per heavy atom. The highest BCUT2D eigenvalue weighted by molar-refractivity contribution is 5.96. The molecule has 1 N–H and O–H groups in total. The number of nitrogens with one attached hydrogen (secondary N) is 1. The fraction of sp³-hybridized carbons (Fsp3) is 0.474. The summed E-state index contributed by atoms with van der Waals surface area (Å²) in [7, 11) is 1.73. The van der Waals surface area contributed by atoms with Crippen molar-refractivity contribution in [2.75, 3.05) is 13.6 Å². The normalized spacial score (nSPS) is 11.5. The zero-order valence-electron chi connectivity index (χ0n) is 15.9. The van der Waals surface area contributed by atoms with Gasteiger partial charge in [-0.3, -0.25) is 9.59 Å². The van der Waals surface area contributed by atoms with E-state index in [1.165, 1.54) is 0 Å². The molecule has 2 amide bonds. The summed E-state index contributed by atoms with van der Waals surface area (Å²) in [5, 5.41) is 2.88. The van der Waals surface area contributed by atoms with Crippen molar-refractivity contribution >= 4 is 11.8 Å². The van der Waals surface area contributed by atoms with Gasteiger partial charge in [0.05, 0.1) is 16.7 Å². The van der Waals surface area contributed by atoms with Crippen molar-refractivity contribution in [2.24, 2.45) is 0 Å². The van der Waals surface area contributed by atoms with Crippen molar-refractivity contribution in [3.63, 3.8) is 0 Å². The van der Waals surface area contributed by atoms with E-state index in [1.807, 2.05) is 20.8 Å². The molecule has 25 heavy (non-hydrogen) atoms. The molecule has 0 atom stereocenters. The molecule has 0 aliphatic heterocycles. The van der Waals surface area contributed by atoms with Crippen LogP contribution in [-0.2, 0) is 0 Å². The number of hydrogen-bond acceptors (Lipinski definition) is 4. The highest BCUT2D eigenvalue weighted by atomic mass is 16.3. The molecule has 6 nitrogen and oxygen atoms in total. The van der Waals surface area contributed by atoms with Crippen LogP contribution in [0.25, 0.3) is 0 Å². The summed E-state index contributed by atoms with van der Waals surface area (Å²) in [5.41, 5.74) is 0.487. The Hall–Kier alpha value is -2.50. The molecule has 0 bridgehead atoms. The van der Waals surface area contributed by atoms with Crippen molar-refractivity contribution < 1.29 is 18.4 Å². The summed E-state index contributed by atoms with van der Waals surface area (Å²) in [6, 6.07) is 3.45. The Kier molecular flexibility index (Phi) is 5.11. The molecular formula is C19H26N2O4. The predicted octanol–water partition coefficient (Wildman–Crippen LogP) is 3.39. The number of hydrogen-bond donors (Lipinski definition) is 1. The van der Waals surface area contributed by atoms with Crippen molar-refractivity contribution in [1.82, 2.24) is 10.2 Å². The molecule has 0 unspecified atom stereocenters. The van der Waals surface area contributed by atoms with Gasteiger partial charge in [0.2, 0.25) is 0 Å². The lowest BCUT2D eigenvalue weighted by Gasteiger charge is -2.35. The SMILES string of the molecule is Cc1cc(C(=O)NCC(C)(C)N(C)C(=O)c2cc(C)oc2C)c(C)o1. The molecule has 2 aromatic rings. The van der Waals surface area contributed by atoms with Gasteiger partial charge in [-0.05, 0) is 53.7 Å². The lowest BCUT2D eigenvalue weighted by Crippen LogP contribution is -2.52. The molecule has 0 saturated heterocycles. The van der Waals surface area contributed by atoms with Gasteiger partial charge in [0.1, 0.15) is 23.0 Å². The van der Waals surface area contributed by atoms with Crippen molar-refractivity contribution in [1.29, 1.82) is 0 Å². The van der Waals surface area contributed by atoms with E-state index < -0.39 is 5.54 Å². The summed E-state index contributed by atoms with van der Waals surface area (Å²) >= 11 is 0. The zero-order valence-corrected chi connectivity index (χ0v) is 15.9. The Labute approximate surface area is 148 Å². The summed E-state index contributed by atoms with van der Waals surface area (Å²) in [5.74, 6) is 2.23. The molecule has 0 aromatic carbocycles. The van der Waals surface area contributed by atoms with Gasteiger partial charge in [0, 0.05) is 13.6 Å². The number of aryl methyl sites for hydroxylation is 4. The largest absolute Gasteiger partial charge is 0.466 e. The number of carbonyl (C=O) groups is 2. The smallest absolute Gasteiger partial charge is 0.257 e. The molecule has 0 spiro atoms. The van der Waals surface area contributed by atoms with Crippen LogP contribution in [0.15, 0.2) is 21.0 Å². The topological polar surface area (TPSA) is 75.7 Å². The van der Waals surface area contributed by atoms with Crippen molar-refractivity contribution in [2.45, 2.75) is 47.1 Å². The van der Waals surface area contributed by atoms with Crippen molar-refractivity contribution in [3.05, 3.63) is 46.3 Å². The third-order valence-corrected chi connectivity index (χ3v) is 4.45. The predicted molar refractivity (Wildman–Crippen MR) is 94.9 cm³/mol. The maximum atomic E-state index is 12.7. The third-order valence-electron chi connectivity index (χ3n) is 4.45. The van der Waals surface area contributed by atoms with Crippen LogP contribution in [0, 0.1) is 27.7 Å². The van der Waals surface area contributed by atoms with Gasteiger partial charge in [-0.25, -0.2) is 0 Å². The standard InChI is InChI=1S/C19H26N2O4/c1-11-8-15(13(3)24-11)17(22)20-10-19(5,6)21(7)18(23)16-9-12(2)25-14(16)4/h8-9H,10H2,1-7H3,(H,20,22). The van der Waals surface area contributed by atoms with Gasteiger partial charge in [0.25, 0.3) is 11.8 Å². The van der Waals surface area contributed by atoms with Gasteiger partial charge in [-0.15, -0.1) is 0 Å². The molecule has 0 fully saturated rings. The number of nitrogens with zero attached hydrogens (tertiary/aromatic N) is 1. The minimum Gasteiger partial charge on any atom is -0.466 e. The number of rotatable bonds is 5. The van der Waals surface area contributed by atoms with E-state index in [-0.39, 0.29) is 11.8 Å². The molecule has 0 aliphatic carbocycles. The second-order valence-corrected chi connectivity index (χ2v) is 7.01. The summed E-state index contributed by atoms with van der Waals surface area (Å²) in [4.78, 5) is 26.7. The quantitative estimate of drug-likeness (QED) is 0.900. The average Bonchev–Trinajstić information content (AvgIpc) is 3.04. The number of carbonyl (C=O) groups excluding carboxylic acids is 2. The Morgan fingerprint density at radius 1 is 1.00 bits per heavy atom. The number of likely N-dealkylation sites (N-methyl/N-ethyl adjacent to an activating group) is 1. The molecule has 2 aromatic heterocycles. The van der Waals surface area contributed by atoms with E-state index in [0.717, 1.165) is 0 Å². The number of amides is 2. The monoisotopic (exact) mass is 346 g/mol. The minimum atomic E-state index is -0.572. The van der Waals surface area contributed by atoms with Crippen LogP contribution in [0.3, 0.4) is 0 Å². The Bertz CT molecular complexity index is 798. The molecule has 6 heteroatoms. The molecule has 0 radical (unpaired) electrons. The zero-order chi connectivity index (χ0) is 18.9. The van der Waals surface area contributed by atoms with Gasteiger partial charge in [-0.2, -0.15) is 0 Å². The van der Waals surface area contributed by atoms with E-state index in [1.54, 1.807) is 44.9 Å². The molecule has 136 valence electrons. The molecule has 2 heterocycles. The van der Waals surface area contributed by atoms with Crippen LogP contribution < -0.4 is 5.32 Å². The molecule has 2 rings (SSSR count). The lowest BCUT2D eigenvalue weighted by atomic mass is 10.0. The van der Waals surface area contributed by atoms with Gasteiger partial charge in [0.15, 0.2) is 0 Å². The number of furan rings is 2. The molecular weight excluding hydrogens is 320 g/mol. The maximum absolute atomic E-state index is 12.7. The first-order chi connectivity index (χ1) is 11.5. The van der Waals surface area contributed by atoms with Gasteiger partial charge < -0.3 is 19.1 Å². The first-order valence-electron chi connectivity index (χ1n) is 8.23. The van der Waals surface area contributed by atoms with Crippen LogP contribution in [0.2, 0.25) is 0 Å². The van der Waals surface area contributed by atoms with Crippen LogP contribution >= 0.6 is 0 Å². The lowest BCUT2D eigenvalue weighted by molar-refractivity contribution is 0.0610. The fourth-order valence-electron chi connectivity index (χ4n) is 2.67. The van der Waals surface area contributed by atoms with Crippen LogP contribution in [0.4, 0.5) is 0 Å². The van der Waals surface area contributed by atoms with Gasteiger partial charge >= 0.3 is 0 Å². The summed E-state index contributed by atoms with van der Waals surface area (Å²) in [6.07, 6.45) is 0. The Balaban J connectivity index is 2.07. The average molecular weight is 346 g/mol. The minimum absolute atomic E-state index is 0.135. The fourth-order valence-corrected chi connectivity index (χ4v) is 2.67. The van der Waals surface area contributed by atoms with Crippen molar-refractivity contribution in [3.8, 4) is 0 Å². The van der Waals surface area contributed by atoms with Crippen LogP contribution in [0.5, 0.6) is 0 Å².